The monoisotopic (exact) mass is 696 g/mol. The summed E-state index contributed by atoms with van der Waals surface area (Å²) in [5.74, 6) is 1.77. The van der Waals surface area contributed by atoms with Gasteiger partial charge >= 0.3 is 0 Å². The molecule has 0 radical (unpaired) electrons. The Kier molecular flexibility index (Phi) is 6.62. The van der Waals surface area contributed by atoms with Crippen molar-refractivity contribution in [2.75, 3.05) is 0 Å². The van der Waals surface area contributed by atoms with Gasteiger partial charge in [0.2, 0.25) is 5.95 Å². The molecule has 0 fully saturated rings. The van der Waals surface area contributed by atoms with Crippen LogP contribution in [0, 0.1) is 0 Å². The smallest absolute Gasteiger partial charge is 0.238 e. The number of hydrogen-bond donors (Lipinski definition) is 0. The number of rotatable bonds is 5. The Hall–Kier alpha value is -6.96. The fourth-order valence-corrected chi connectivity index (χ4v) is 8.63. The van der Waals surface area contributed by atoms with Gasteiger partial charge in [-0.15, -0.1) is 0 Å². The summed E-state index contributed by atoms with van der Waals surface area (Å²) in [4.78, 5) is 20.9. The van der Waals surface area contributed by atoms with Crippen molar-refractivity contribution in [2.45, 2.75) is 0 Å². The van der Waals surface area contributed by atoms with E-state index in [-0.39, 0.29) is 0 Å². The minimum atomic E-state index is 0.554. The lowest BCUT2D eigenvalue weighted by molar-refractivity contribution is 0.953. The predicted octanol–water partition coefficient (Wildman–Crippen LogP) is 11.7. The summed E-state index contributed by atoms with van der Waals surface area (Å²) in [6.45, 7) is 0. The second-order valence-corrected chi connectivity index (χ2v) is 14.1. The van der Waals surface area contributed by atoms with E-state index in [1.807, 2.05) is 30.3 Å². The van der Waals surface area contributed by atoms with E-state index in [1.54, 1.807) is 11.3 Å². The van der Waals surface area contributed by atoms with Gasteiger partial charge in [-0.2, -0.15) is 9.97 Å². The number of para-hydroxylation sites is 3. The minimum absolute atomic E-state index is 0.554. The zero-order valence-electron chi connectivity index (χ0n) is 28.3. The molecule has 0 atom stereocenters. The Balaban J connectivity index is 1.26. The lowest BCUT2D eigenvalue weighted by atomic mass is 10.0. The molecule has 0 aliphatic carbocycles. The molecular weight excluding hydrogens is 669 g/mol. The first-order valence-electron chi connectivity index (χ1n) is 17.6. The largest absolute Gasteiger partial charge is 0.283 e. The first kappa shape index (κ1) is 29.7. The van der Waals surface area contributed by atoms with Crippen LogP contribution in [-0.4, -0.2) is 29.1 Å². The Morgan fingerprint density at radius 2 is 0.925 bits per heavy atom. The van der Waals surface area contributed by atoms with Crippen LogP contribution in [0.3, 0.4) is 0 Å². The fraction of sp³-hybridized carbons (Fsp3) is 0. The molecule has 0 bridgehead atoms. The molecule has 53 heavy (non-hydrogen) atoms. The first-order chi connectivity index (χ1) is 26.3. The first-order valence-corrected chi connectivity index (χ1v) is 18.4. The van der Waals surface area contributed by atoms with E-state index in [2.05, 4.69) is 149 Å². The second kappa shape index (κ2) is 11.8. The second-order valence-electron chi connectivity index (χ2n) is 13.1. The van der Waals surface area contributed by atoms with Gasteiger partial charge < -0.3 is 0 Å². The van der Waals surface area contributed by atoms with Crippen molar-refractivity contribution in [2.24, 2.45) is 0 Å². The summed E-state index contributed by atoms with van der Waals surface area (Å²) in [6.07, 6.45) is 0. The number of thiazole rings is 1. The zero-order chi connectivity index (χ0) is 34.9. The van der Waals surface area contributed by atoms with Gasteiger partial charge in [0, 0.05) is 32.7 Å². The van der Waals surface area contributed by atoms with Gasteiger partial charge in [0.25, 0.3) is 0 Å². The van der Waals surface area contributed by atoms with Gasteiger partial charge in [-0.3, -0.25) is 9.13 Å². The Morgan fingerprint density at radius 1 is 0.377 bits per heavy atom. The zero-order valence-corrected chi connectivity index (χ0v) is 29.1. The van der Waals surface area contributed by atoms with Gasteiger partial charge in [-0.1, -0.05) is 151 Å². The van der Waals surface area contributed by atoms with Gasteiger partial charge in [0.15, 0.2) is 16.8 Å². The molecule has 0 saturated heterocycles. The molecule has 7 aromatic carbocycles. The Morgan fingerprint density at radius 3 is 1.64 bits per heavy atom. The molecule has 4 aromatic heterocycles. The molecule has 0 unspecified atom stereocenters. The van der Waals surface area contributed by atoms with E-state index < -0.39 is 0 Å². The van der Waals surface area contributed by atoms with E-state index in [0.717, 1.165) is 75.8 Å². The van der Waals surface area contributed by atoms with Crippen molar-refractivity contribution in [3.05, 3.63) is 170 Å². The molecule has 11 rings (SSSR count). The van der Waals surface area contributed by atoms with Crippen molar-refractivity contribution in [3.63, 3.8) is 0 Å². The number of fused-ring (bicyclic) bond motifs is 8. The average molecular weight is 697 g/mol. The van der Waals surface area contributed by atoms with Crippen LogP contribution < -0.4 is 0 Å². The van der Waals surface area contributed by atoms with E-state index in [1.165, 1.54) is 5.39 Å². The number of nitrogens with zero attached hydrogens (tertiary/aromatic N) is 6. The highest BCUT2D eigenvalue weighted by Crippen LogP contribution is 2.42. The van der Waals surface area contributed by atoms with Crippen LogP contribution in [0.2, 0.25) is 0 Å². The molecule has 0 aliphatic rings. The van der Waals surface area contributed by atoms with Gasteiger partial charge in [0.1, 0.15) is 0 Å². The lowest BCUT2D eigenvalue weighted by Crippen LogP contribution is -2.07. The topological polar surface area (TPSA) is 61.4 Å². The molecule has 248 valence electrons. The van der Waals surface area contributed by atoms with Crippen LogP contribution in [0.25, 0.3) is 98.8 Å². The molecule has 0 aliphatic heterocycles. The summed E-state index contributed by atoms with van der Waals surface area (Å²) < 4.78 is 5.71. The van der Waals surface area contributed by atoms with Crippen molar-refractivity contribution >= 4 is 65.2 Å². The van der Waals surface area contributed by atoms with Crippen LogP contribution in [0.4, 0.5) is 0 Å². The van der Waals surface area contributed by atoms with E-state index in [0.29, 0.717) is 17.6 Å². The summed E-state index contributed by atoms with van der Waals surface area (Å²) >= 11 is 1.70. The molecule has 6 nitrogen and oxygen atoms in total. The van der Waals surface area contributed by atoms with Crippen LogP contribution >= 0.6 is 11.3 Å². The molecule has 4 heterocycles. The maximum atomic E-state index is 5.32. The number of aromatic nitrogens is 6. The van der Waals surface area contributed by atoms with E-state index in [9.17, 15) is 0 Å². The maximum absolute atomic E-state index is 5.32. The standard InChI is InChI=1S/C46H28N6S/c1-3-14-29(15-4-1)31-18-13-19-32(28-31)44-48-43(30-16-5-2-6-17-30)49-45(50-44)51-38-23-10-7-20-33(38)35-26-27-36-34-21-8-11-24-39(34)52(42(36)41(35)51)46-47-37-22-9-12-25-40(37)53-46/h1-28H. The molecule has 0 N–H and O–H groups in total. The third kappa shape index (κ3) is 4.71. The van der Waals surface area contributed by atoms with Crippen LogP contribution in [0.15, 0.2) is 170 Å². The highest BCUT2D eigenvalue weighted by molar-refractivity contribution is 7.20. The summed E-state index contributed by atoms with van der Waals surface area (Å²) in [6, 6.07) is 59.0. The summed E-state index contributed by atoms with van der Waals surface area (Å²) in [5.41, 5.74) is 9.27. The highest BCUT2D eigenvalue weighted by Gasteiger charge is 2.24. The average Bonchev–Trinajstić information content (AvgIpc) is 3.91. The molecule has 0 saturated carbocycles. The van der Waals surface area contributed by atoms with Crippen LogP contribution in [0.5, 0.6) is 0 Å². The maximum Gasteiger partial charge on any atom is 0.238 e. The van der Waals surface area contributed by atoms with Crippen LogP contribution in [0.1, 0.15) is 0 Å². The summed E-state index contributed by atoms with van der Waals surface area (Å²) in [5, 5.41) is 5.47. The fourth-order valence-electron chi connectivity index (χ4n) is 7.64. The molecule has 11 aromatic rings. The predicted molar refractivity (Wildman–Crippen MR) is 218 cm³/mol. The normalized spacial score (nSPS) is 11.8. The van der Waals surface area contributed by atoms with Crippen molar-refractivity contribution in [3.8, 4) is 45.0 Å². The quantitative estimate of drug-likeness (QED) is 0.180. The van der Waals surface area contributed by atoms with E-state index in [4.69, 9.17) is 19.9 Å². The lowest BCUT2D eigenvalue weighted by Gasteiger charge is -2.13. The molecule has 0 amide bonds. The molecular formula is C46H28N6S. The third-order valence-corrected chi connectivity index (χ3v) is 11.0. The number of hydrogen-bond acceptors (Lipinski definition) is 5. The number of benzene rings is 7. The van der Waals surface area contributed by atoms with Crippen LogP contribution in [-0.2, 0) is 0 Å². The van der Waals surface area contributed by atoms with Gasteiger partial charge in [-0.25, -0.2) is 9.97 Å². The SMILES string of the molecule is c1ccc(-c2cccc(-c3nc(-c4ccccc4)nc(-n4c5ccccc5c5ccc6c7ccccc7n(-c7nc8ccccc8s7)c6c54)n3)c2)cc1. The Bertz CT molecular complexity index is 3140. The summed E-state index contributed by atoms with van der Waals surface area (Å²) in [7, 11) is 0. The van der Waals surface area contributed by atoms with E-state index >= 15 is 0 Å². The van der Waals surface area contributed by atoms with Crippen molar-refractivity contribution < 1.29 is 0 Å². The minimum Gasteiger partial charge on any atom is -0.283 e. The highest BCUT2D eigenvalue weighted by atomic mass is 32.1. The third-order valence-electron chi connectivity index (χ3n) is 10.0. The van der Waals surface area contributed by atoms with Crippen molar-refractivity contribution in [1.82, 2.24) is 29.1 Å². The Labute approximate surface area is 307 Å². The molecule has 0 spiro atoms. The molecule has 7 heteroatoms. The van der Waals surface area contributed by atoms with Gasteiger partial charge in [-0.05, 0) is 41.5 Å². The van der Waals surface area contributed by atoms with Crippen molar-refractivity contribution in [1.29, 1.82) is 0 Å². The van der Waals surface area contributed by atoms with Gasteiger partial charge in [0.05, 0.1) is 32.3 Å².